The van der Waals surface area contributed by atoms with Crippen LogP contribution in [0.15, 0.2) is 91.0 Å². The second kappa shape index (κ2) is 12.0. The lowest BCUT2D eigenvalue weighted by molar-refractivity contribution is -0.122. The average molecular weight is 539 g/mol. The number of anilines is 1. The summed E-state index contributed by atoms with van der Waals surface area (Å²) < 4.78 is 25.3. The van der Waals surface area contributed by atoms with Crippen LogP contribution >= 0.6 is 0 Å². The number of carbonyl (C=O) groups excluding carboxylic acids is 2. The highest BCUT2D eigenvalue weighted by molar-refractivity contribution is 6.10. The summed E-state index contributed by atoms with van der Waals surface area (Å²) in [4.78, 5) is 29.8. The van der Waals surface area contributed by atoms with E-state index >= 15 is 0 Å². The van der Waals surface area contributed by atoms with Crippen LogP contribution in [-0.4, -0.2) is 31.6 Å². The highest BCUT2D eigenvalue weighted by atomic mass is 19.1. The number of nitrogens with one attached hydrogen (secondary N) is 1. The third kappa shape index (κ3) is 5.99. The van der Waals surface area contributed by atoms with Gasteiger partial charge in [-0.2, -0.15) is 0 Å². The summed E-state index contributed by atoms with van der Waals surface area (Å²) in [5.74, 6) is -0.147. The highest BCUT2D eigenvalue weighted by Gasteiger charge is 2.34. The summed E-state index contributed by atoms with van der Waals surface area (Å²) in [5, 5.41) is 3.01. The molecule has 1 heterocycles. The molecule has 4 aromatic carbocycles. The zero-order valence-electron chi connectivity index (χ0n) is 22.5. The van der Waals surface area contributed by atoms with Gasteiger partial charge in [0.1, 0.15) is 25.1 Å². The van der Waals surface area contributed by atoms with Crippen molar-refractivity contribution in [2.75, 3.05) is 24.7 Å². The second-order valence-electron chi connectivity index (χ2n) is 9.80. The lowest BCUT2D eigenvalue weighted by Crippen LogP contribution is -2.45. The molecular formula is C33H31FN2O4. The number of hydrogen-bond donors (Lipinski definition) is 1. The monoisotopic (exact) mass is 538 g/mol. The Morgan fingerprint density at radius 1 is 0.875 bits per heavy atom. The summed E-state index contributed by atoms with van der Waals surface area (Å²) in [7, 11) is 0. The van der Waals surface area contributed by atoms with E-state index in [9.17, 15) is 14.0 Å². The highest BCUT2D eigenvalue weighted by Crippen LogP contribution is 2.35. The average Bonchev–Trinajstić information content (AvgIpc) is 2.97. The van der Waals surface area contributed by atoms with Crippen LogP contribution in [0.25, 0.3) is 0 Å². The maximum absolute atomic E-state index is 14.3. The Bertz CT molecular complexity index is 1510. The SMILES string of the molecule is Cc1ccc(N(C(=O)c2ccc3c(c2)OCCO3)C(C(=O)NCCc2ccccc2)c2ccc(F)cc2)c(C)c1. The van der Waals surface area contributed by atoms with E-state index in [1.54, 1.807) is 30.3 Å². The Balaban J connectivity index is 1.56. The van der Waals surface area contributed by atoms with Crippen molar-refractivity contribution in [3.8, 4) is 11.5 Å². The van der Waals surface area contributed by atoms with Gasteiger partial charge in [0.2, 0.25) is 5.91 Å². The normalized spacial score (nSPS) is 12.9. The minimum Gasteiger partial charge on any atom is -0.486 e. The van der Waals surface area contributed by atoms with Crippen molar-refractivity contribution < 1.29 is 23.5 Å². The summed E-state index contributed by atoms with van der Waals surface area (Å²) in [6, 6.07) is 25.2. The molecule has 1 N–H and O–H groups in total. The number of nitrogens with zero attached hydrogens (tertiary/aromatic N) is 1. The molecule has 0 fully saturated rings. The Morgan fingerprint density at radius 3 is 2.33 bits per heavy atom. The molecule has 0 bridgehead atoms. The van der Waals surface area contributed by atoms with Gasteiger partial charge in [-0.15, -0.1) is 0 Å². The molecule has 4 aromatic rings. The molecule has 1 unspecified atom stereocenters. The molecule has 0 aliphatic carbocycles. The first-order chi connectivity index (χ1) is 19.4. The van der Waals surface area contributed by atoms with E-state index in [2.05, 4.69) is 5.32 Å². The van der Waals surface area contributed by atoms with Gasteiger partial charge in [0.05, 0.1) is 0 Å². The third-order valence-corrected chi connectivity index (χ3v) is 6.87. The predicted molar refractivity (Wildman–Crippen MR) is 152 cm³/mol. The molecule has 2 amide bonds. The van der Waals surface area contributed by atoms with Crippen molar-refractivity contribution in [1.82, 2.24) is 5.32 Å². The van der Waals surface area contributed by atoms with E-state index in [1.165, 1.54) is 17.0 Å². The van der Waals surface area contributed by atoms with Gasteiger partial charge in [-0.05, 0) is 73.4 Å². The summed E-state index contributed by atoms with van der Waals surface area (Å²) in [6.07, 6.45) is 0.627. The van der Waals surface area contributed by atoms with E-state index in [4.69, 9.17) is 9.47 Å². The van der Waals surface area contributed by atoms with Crippen LogP contribution in [0.5, 0.6) is 11.5 Å². The number of aryl methyl sites for hydroxylation is 2. The van der Waals surface area contributed by atoms with Gasteiger partial charge in [0, 0.05) is 17.8 Å². The molecule has 0 saturated heterocycles. The van der Waals surface area contributed by atoms with Gasteiger partial charge >= 0.3 is 0 Å². The lowest BCUT2D eigenvalue weighted by atomic mass is 9.99. The molecule has 7 heteroatoms. The van der Waals surface area contributed by atoms with Gasteiger partial charge in [0.25, 0.3) is 5.91 Å². The van der Waals surface area contributed by atoms with E-state index in [-0.39, 0.29) is 5.91 Å². The quantitative estimate of drug-likeness (QED) is 0.301. The van der Waals surface area contributed by atoms with Crippen LogP contribution in [0, 0.1) is 19.7 Å². The van der Waals surface area contributed by atoms with Crippen LogP contribution in [0.1, 0.15) is 38.7 Å². The number of fused-ring (bicyclic) bond motifs is 1. The molecule has 0 aromatic heterocycles. The zero-order chi connectivity index (χ0) is 28.1. The first-order valence-electron chi connectivity index (χ1n) is 13.3. The maximum atomic E-state index is 14.3. The number of benzene rings is 4. The molecule has 1 aliphatic heterocycles. The Kier molecular flexibility index (Phi) is 8.10. The van der Waals surface area contributed by atoms with E-state index < -0.39 is 17.8 Å². The van der Waals surface area contributed by atoms with E-state index in [0.29, 0.717) is 54.5 Å². The third-order valence-electron chi connectivity index (χ3n) is 6.87. The van der Waals surface area contributed by atoms with Gasteiger partial charge in [-0.25, -0.2) is 4.39 Å². The Morgan fingerprint density at radius 2 is 1.60 bits per heavy atom. The number of halogens is 1. The first-order valence-corrected chi connectivity index (χ1v) is 13.3. The molecule has 0 radical (unpaired) electrons. The minimum absolute atomic E-state index is 0.341. The van der Waals surface area contributed by atoms with E-state index in [1.807, 2.05) is 62.4 Å². The summed E-state index contributed by atoms with van der Waals surface area (Å²) >= 11 is 0. The van der Waals surface area contributed by atoms with Crippen molar-refractivity contribution in [3.05, 3.63) is 125 Å². The number of amides is 2. The van der Waals surface area contributed by atoms with Crippen molar-refractivity contribution in [3.63, 3.8) is 0 Å². The zero-order valence-corrected chi connectivity index (χ0v) is 22.5. The molecule has 204 valence electrons. The number of ether oxygens (including phenoxy) is 2. The van der Waals surface area contributed by atoms with Crippen molar-refractivity contribution in [2.45, 2.75) is 26.3 Å². The number of carbonyl (C=O) groups is 2. The van der Waals surface area contributed by atoms with Crippen LogP contribution < -0.4 is 19.7 Å². The molecule has 1 aliphatic rings. The second-order valence-corrected chi connectivity index (χ2v) is 9.80. The number of rotatable bonds is 8. The fourth-order valence-electron chi connectivity index (χ4n) is 4.89. The van der Waals surface area contributed by atoms with Crippen LogP contribution in [0.2, 0.25) is 0 Å². The summed E-state index contributed by atoms with van der Waals surface area (Å²) in [5.41, 5.74) is 4.35. The van der Waals surface area contributed by atoms with Crippen molar-refractivity contribution in [2.24, 2.45) is 0 Å². The van der Waals surface area contributed by atoms with Crippen molar-refractivity contribution >= 4 is 17.5 Å². The van der Waals surface area contributed by atoms with E-state index in [0.717, 1.165) is 16.7 Å². The topological polar surface area (TPSA) is 67.9 Å². The van der Waals surface area contributed by atoms with Crippen LogP contribution in [-0.2, 0) is 11.2 Å². The smallest absolute Gasteiger partial charge is 0.259 e. The standard InChI is InChI=1S/C33H31FN2O4/c1-22-8-14-28(23(2)20-22)36(33(38)26-11-15-29-30(21-26)40-19-18-39-29)31(25-9-12-27(34)13-10-25)32(37)35-17-16-24-6-4-3-5-7-24/h3-15,20-21,31H,16-19H2,1-2H3,(H,35,37). The fraction of sp³-hybridized carbons (Fsp3) is 0.212. The van der Waals surface area contributed by atoms with Crippen LogP contribution in [0.3, 0.4) is 0 Å². The first kappa shape index (κ1) is 26.9. The molecule has 6 nitrogen and oxygen atoms in total. The van der Waals surface area contributed by atoms with Gasteiger partial charge in [-0.1, -0.05) is 60.2 Å². The predicted octanol–water partition coefficient (Wildman–Crippen LogP) is 5.96. The molecule has 40 heavy (non-hydrogen) atoms. The van der Waals surface area contributed by atoms with Gasteiger partial charge in [0.15, 0.2) is 11.5 Å². The fourth-order valence-corrected chi connectivity index (χ4v) is 4.89. The molecule has 0 saturated carbocycles. The van der Waals surface area contributed by atoms with Crippen LogP contribution in [0.4, 0.5) is 10.1 Å². The number of hydrogen-bond acceptors (Lipinski definition) is 4. The molecular weight excluding hydrogens is 507 g/mol. The molecule has 1 atom stereocenters. The molecule has 5 rings (SSSR count). The van der Waals surface area contributed by atoms with Crippen molar-refractivity contribution in [1.29, 1.82) is 0 Å². The Hall–Kier alpha value is -4.65. The molecule has 0 spiro atoms. The summed E-state index contributed by atoms with van der Waals surface area (Å²) in [6.45, 7) is 5.07. The maximum Gasteiger partial charge on any atom is 0.259 e. The Labute approximate surface area is 233 Å². The van der Waals surface area contributed by atoms with Gasteiger partial charge in [-0.3, -0.25) is 14.5 Å². The van der Waals surface area contributed by atoms with Gasteiger partial charge < -0.3 is 14.8 Å². The minimum atomic E-state index is -1.06. The largest absolute Gasteiger partial charge is 0.486 e. The lowest BCUT2D eigenvalue weighted by Gasteiger charge is -2.33.